The van der Waals surface area contributed by atoms with Crippen molar-refractivity contribution in [3.8, 4) is 17.2 Å². The number of methoxy groups -OCH3 is 3. The van der Waals surface area contributed by atoms with E-state index < -0.39 is 11.8 Å². The minimum Gasteiger partial charge on any atom is -0.493 e. The van der Waals surface area contributed by atoms with Crippen LogP contribution in [0.2, 0.25) is 0 Å². The monoisotopic (exact) mass is 412 g/mol. The Morgan fingerprint density at radius 1 is 0.857 bits per heavy atom. The van der Waals surface area contributed by atoms with Gasteiger partial charge in [0.15, 0.2) is 11.5 Å². The van der Waals surface area contributed by atoms with E-state index in [4.69, 9.17) is 14.2 Å². The summed E-state index contributed by atoms with van der Waals surface area (Å²) in [7, 11) is 6.72. The molecule has 2 amide bonds. The molecule has 2 N–H and O–H groups in total. The highest BCUT2D eigenvalue weighted by Gasteiger charge is 2.14. The lowest BCUT2D eigenvalue weighted by molar-refractivity contribution is 0.262. The molecular formula is C20H30FN2O4P. The Balaban J connectivity index is 0.00000171. The molecule has 0 bridgehead atoms. The van der Waals surface area contributed by atoms with Crippen LogP contribution in [0.25, 0.3) is 0 Å². The van der Waals surface area contributed by atoms with Crippen LogP contribution in [0, 0.1) is 5.82 Å². The first-order valence-corrected chi connectivity index (χ1v) is 9.49. The molecular weight excluding hydrogens is 382 g/mol. The van der Waals surface area contributed by atoms with E-state index in [-0.39, 0.29) is 0 Å². The number of hydrogen-bond acceptors (Lipinski definition) is 4. The quantitative estimate of drug-likeness (QED) is 0.675. The predicted octanol–water partition coefficient (Wildman–Crippen LogP) is 5.05. The SMILES string of the molecule is CC.CC.COc1cc(NC(=O)Nc2ccc(P)c(F)c2)cc(OC)c1OC. The molecule has 2 rings (SSSR count). The van der Waals surface area contributed by atoms with Crippen molar-refractivity contribution in [1.82, 2.24) is 0 Å². The van der Waals surface area contributed by atoms with Gasteiger partial charge in [0.05, 0.1) is 27.0 Å². The van der Waals surface area contributed by atoms with Gasteiger partial charge in [-0.2, -0.15) is 0 Å². The summed E-state index contributed by atoms with van der Waals surface area (Å²) >= 11 is 0. The number of carbonyl (C=O) groups is 1. The number of carbonyl (C=O) groups excluding carboxylic acids is 1. The van der Waals surface area contributed by atoms with Crippen LogP contribution < -0.4 is 30.1 Å². The Morgan fingerprint density at radius 2 is 1.36 bits per heavy atom. The third-order valence-corrected chi connectivity index (χ3v) is 3.65. The zero-order valence-corrected chi connectivity index (χ0v) is 18.6. The largest absolute Gasteiger partial charge is 0.493 e. The van der Waals surface area contributed by atoms with E-state index in [1.807, 2.05) is 27.7 Å². The number of amides is 2. The van der Waals surface area contributed by atoms with Crippen LogP contribution in [0.3, 0.4) is 0 Å². The highest BCUT2D eigenvalue weighted by atomic mass is 31.0. The fraction of sp³-hybridized carbons (Fsp3) is 0.350. The van der Waals surface area contributed by atoms with Crippen LogP contribution in [-0.4, -0.2) is 27.4 Å². The van der Waals surface area contributed by atoms with Crippen molar-refractivity contribution < 1.29 is 23.4 Å². The van der Waals surface area contributed by atoms with Crippen LogP contribution in [0.1, 0.15) is 27.7 Å². The molecule has 0 heterocycles. The summed E-state index contributed by atoms with van der Waals surface area (Å²) < 4.78 is 29.2. The van der Waals surface area contributed by atoms with Crippen molar-refractivity contribution in [2.75, 3.05) is 32.0 Å². The first kappa shape index (κ1) is 25.5. The Bertz CT molecular complexity index is 732. The average molecular weight is 412 g/mol. The molecule has 6 nitrogen and oxygen atoms in total. The first-order valence-electron chi connectivity index (χ1n) is 8.91. The third-order valence-electron chi connectivity index (χ3n) is 3.18. The fourth-order valence-corrected chi connectivity index (χ4v) is 2.23. The van der Waals surface area contributed by atoms with Crippen molar-refractivity contribution in [3.63, 3.8) is 0 Å². The maximum atomic E-state index is 13.5. The summed E-state index contributed by atoms with van der Waals surface area (Å²) in [6.07, 6.45) is 0. The van der Waals surface area contributed by atoms with Crippen LogP contribution in [0.15, 0.2) is 30.3 Å². The number of anilines is 2. The summed E-state index contributed by atoms with van der Waals surface area (Å²) in [6, 6.07) is 7.03. The molecule has 0 fully saturated rings. The smallest absolute Gasteiger partial charge is 0.323 e. The van der Waals surface area contributed by atoms with E-state index in [0.717, 1.165) is 0 Å². The van der Waals surface area contributed by atoms with E-state index in [2.05, 4.69) is 19.9 Å². The minimum absolute atomic E-state index is 0.337. The number of rotatable bonds is 5. The highest BCUT2D eigenvalue weighted by molar-refractivity contribution is 7.27. The standard InChI is InChI=1S/C16H18FN2O4P.2C2H6/c1-21-12-7-10(8-13(22-2)15(12)23-3)19-16(20)18-9-4-5-14(24)11(17)6-9;2*1-2/h4-8H,24H2,1-3H3,(H2,18,19,20);2*1-2H3. The molecule has 0 aliphatic rings. The van der Waals surface area contributed by atoms with Crippen LogP contribution in [0.5, 0.6) is 17.2 Å². The van der Waals surface area contributed by atoms with Crippen LogP contribution in [-0.2, 0) is 0 Å². The molecule has 0 saturated carbocycles. The van der Waals surface area contributed by atoms with Crippen molar-refractivity contribution >= 4 is 32.0 Å². The topological polar surface area (TPSA) is 68.8 Å². The molecule has 28 heavy (non-hydrogen) atoms. The molecule has 0 aliphatic carbocycles. The molecule has 0 aliphatic heterocycles. The number of benzene rings is 2. The van der Waals surface area contributed by atoms with E-state index in [0.29, 0.717) is 33.9 Å². The van der Waals surface area contributed by atoms with Gasteiger partial charge in [-0.15, -0.1) is 9.24 Å². The van der Waals surface area contributed by atoms with Crippen LogP contribution >= 0.6 is 9.24 Å². The zero-order valence-electron chi connectivity index (χ0n) is 17.5. The molecule has 1 atom stereocenters. The summed E-state index contributed by atoms with van der Waals surface area (Å²) in [5.41, 5.74) is 0.772. The minimum atomic E-state index is -0.528. The average Bonchev–Trinajstić information content (AvgIpc) is 2.72. The summed E-state index contributed by atoms with van der Waals surface area (Å²) in [5, 5.41) is 5.60. The summed E-state index contributed by atoms with van der Waals surface area (Å²) in [5.74, 6) is 0.811. The van der Waals surface area contributed by atoms with Gasteiger partial charge in [0, 0.05) is 23.1 Å². The van der Waals surface area contributed by atoms with Crippen molar-refractivity contribution in [3.05, 3.63) is 36.1 Å². The molecule has 2 aromatic carbocycles. The lowest BCUT2D eigenvalue weighted by atomic mass is 10.2. The maximum absolute atomic E-state index is 13.5. The van der Waals surface area contributed by atoms with E-state index in [9.17, 15) is 9.18 Å². The second kappa shape index (κ2) is 13.6. The lowest BCUT2D eigenvalue weighted by Gasteiger charge is -2.15. The Labute approximate surface area is 169 Å². The Hall–Kier alpha value is -2.53. The molecule has 0 radical (unpaired) electrons. The van der Waals surface area contributed by atoms with Gasteiger partial charge in [-0.05, 0) is 12.1 Å². The maximum Gasteiger partial charge on any atom is 0.323 e. The molecule has 0 spiro atoms. The Kier molecular flexibility index (Phi) is 12.4. The van der Waals surface area contributed by atoms with Crippen molar-refractivity contribution in [2.24, 2.45) is 0 Å². The van der Waals surface area contributed by atoms with Gasteiger partial charge in [-0.1, -0.05) is 33.8 Å². The van der Waals surface area contributed by atoms with Gasteiger partial charge in [-0.3, -0.25) is 0 Å². The molecule has 2 aromatic rings. The molecule has 8 heteroatoms. The number of halogens is 1. The van der Waals surface area contributed by atoms with Crippen molar-refractivity contribution in [1.29, 1.82) is 0 Å². The summed E-state index contributed by atoms with van der Waals surface area (Å²) in [4.78, 5) is 12.1. The number of urea groups is 1. The van der Waals surface area contributed by atoms with Crippen molar-refractivity contribution in [2.45, 2.75) is 27.7 Å². The number of nitrogens with one attached hydrogen (secondary N) is 2. The van der Waals surface area contributed by atoms with E-state index >= 15 is 0 Å². The lowest BCUT2D eigenvalue weighted by Crippen LogP contribution is -2.20. The van der Waals surface area contributed by atoms with Gasteiger partial charge in [-0.25, -0.2) is 9.18 Å². The molecule has 1 unspecified atom stereocenters. The highest BCUT2D eigenvalue weighted by Crippen LogP contribution is 2.39. The summed E-state index contributed by atoms with van der Waals surface area (Å²) in [6.45, 7) is 8.00. The van der Waals surface area contributed by atoms with Gasteiger partial charge in [0.1, 0.15) is 5.82 Å². The fourth-order valence-electron chi connectivity index (χ4n) is 2.05. The molecule has 0 aromatic heterocycles. The Morgan fingerprint density at radius 3 is 1.79 bits per heavy atom. The van der Waals surface area contributed by atoms with Gasteiger partial charge >= 0.3 is 6.03 Å². The predicted molar refractivity (Wildman–Crippen MR) is 117 cm³/mol. The zero-order chi connectivity index (χ0) is 21.7. The van der Waals surface area contributed by atoms with Gasteiger partial charge in [0.25, 0.3) is 0 Å². The number of hydrogen-bond donors (Lipinski definition) is 2. The van der Waals surface area contributed by atoms with Gasteiger partial charge < -0.3 is 24.8 Å². The molecule has 0 saturated heterocycles. The van der Waals surface area contributed by atoms with Crippen LogP contribution in [0.4, 0.5) is 20.6 Å². The normalized spacial score (nSPS) is 9.04. The van der Waals surface area contributed by atoms with Gasteiger partial charge in [0.2, 0.25) is 5.75 Å². The van der Waals surface area contributed by atoms with E-state index in [1.54, 1.807) is 24.3 Å². The van der Waals surface area contributed by atoms with E-state index in [1.165, 1.54) is 27.4 Å². The first-order chi connectivity index (χ1) is 13.5. The molecule has 156 valence electrons. The number of ether oxygens (including phenoxy) is 3. The third kappa shape index (κ3) is 7.24. The second-order valence-corrected chi connectivity index (χ2v) is 5.35. The second-order valence-electron chi connectivity index (χ2n) is 4.73.